The van der Waals surface area contributed by atoms with Crippen LogP contribution in [0.4, 0.5) is 10.1 Å². The van der Waals surface area contributed by atoms with Gasteiger partial charge in [-0.2, -0.15) is 0 Å². The van der Waals surface area contributed by atoms with Crippen LogP contribution < -0.4 is 14.4 Å². The zero-order valence-electron chi connectivity index (χ0n) is 20.1. The van der Waals surface area contributed by atoms with E-state index in [1.807, 2.05) is 54.6 Å². The molecule has 0 spiro atoms. The molecule has 1 saturated heterocycles. The van der Waals surface area contributed by atoms with Gasteiger partial charge >= 0.3 is 0 Å². The highest BCUT2D eigenvalue weighted by Gasteiger charge is 2.27. The molecule has 1 aliphatic heterocycles. The summed E-state index contributed by atoms with van der Waals surface area (Å²) in [6.45, 7) is 4.35. The Kier molecular flexibility index (Phi) is 8.42. The number of carbonyl (C=O) groups is 1. The van der Waals surface area contributed by atoms with Crippen LogP contribution in [-0.2, 0) is 17.9 Å². The molecular formula is C28H30BrFN2O3. The van der Waals surface area contributed by atoms with Crippen LogP contribution in [-0.4, -0.2) is 37.6 Å². The Balaban J connectivity index is 1.71. The lowest BCUT2D eigenvalue weighted by Gasteiger charge is -2.28. The average Bonchev–Trinajstić information content (AvgIpc) is 3.39. The smallest absolute Gasteiger partial charge is 0.241 e. The SMILES string of the molecule is COc1ccc(CN(C(=O)CN2CCCC2)c2cc(F)c(C)c(Br)c2OCc2ccccc2)cc1. The molecule has 1 amide bonds. The van der Waals surface area contributed by atoms with Gasteiger partial charge in [-0.05, 0) is 72.0 Å². The fraction of sp³-hybridized carbons (Fsp3) is 0.321. The number of rotatable bonds is 9. The predicted molar refractivity (Wildman–Crippen MR) is 139 cm³/mol. The van der Waals surface area contributed by atoms with E-state index in [0.717, 1.165) is 42.8 Å². The first-order valence-electron chi connectivity index (χ1n) is 11.8. The Morgan fingerprint density at radius 3 is 2.40 bits per heavy atom. The molecule has 1 aliphatic rings. The maximum atomic E-state index is 15.0. The normalized spacial score (nSPS) is 13.6. The molecule has 1 heterocycles. The van der Waals surface area contributed by atoms with Crippen molar-refractivity contribution in [2.75, 3.05) is 31.6 Å². The van der Waals surface area contributed by atoms with Crippen molar-refractivity contribution in [3.63, 3.8) is 0 Å². The molecule has 5 nitrogen and oxygen atoms in total. The number of likely N-dealkylation sites (tertiary alicyclic amines) is 1. The summed E-state index contributed by atoms with van der Waals surface area (Å²) in [5.41, 5.74) is 2.74. The lowest BCUT2D eigenvalue weighted by molar-refractivity contribution is -0.119. The van der Waals surface area contributed by atoms with Gasteiger partial charge in [0.2, 0.25) is 5.91 Å². The number of halogens is 2. The maximum Gasteiger partial charge on any atom is 0.241 e. The third kappa shape index (κ3) is 6.21. The average molecular weight is 541 g/mol. The lowest BCUT2D eigenvalue weighted by Crippen LogP contribution is -2.39. The first-order valence-corrected chi connectivity index (χ1v) is 12.6. The summed E-state index contributed by atoms with van der Waals surface area (Å²) in [5.74, 6) is 0.700. The minimum atomic E-state index is -0.396. The van der Waals surface area contributed by atoms with Gasteiger partial charge in [0.25, 0.3) is 0 Å². The van der Waals surface area contributed by atoms with E-state index < -0.39 is 5.82 Å². The minimum Gasteiger partial charge on any atom is -0.497 e. The first kappa shape index (κ1) is 25.2. The monoisotopic (exact) mass is 540 g/mol. The summed E-state index contributed by atoms with van der Waals surface area (Å²) in [7, 11) is 1.61. The van der Waals surface area contributed by atoms with Gasteiger partial charge in [0.15, 0.2) is 5.75 Å². The highest BCUT2D eigenvalue weighted by atomic mass is 79.9. The summed E-state index contributed by atoms with van der Waals surface area (Å²) >= 11 is 3.54. The van der Waals surface area contributed by atoms with Crippen LogP contribution in [0.2, 0.25) is 0 Å². The number of amides is 1. The van der Waals surface area contributed by atoms with Crippen molar-refractivity contribution in [2.24, 2.45) is 0 Å². The van der Waals surface area contributed by atoms with Crippen LogP contribution in [0.3, 0.4) is 0 Å². The zero-order valence-corrected chi connectivity index (χ0v) is 21.7. The van der Waals surface area contributed by atoms with Crippen molar-refractivity contribution in [1.29, 1.82) is 0 Å². The fourth-order valence-electron chi connectivity index (χ4n) is 4.19. The largest absolute Gasteiger partial charge is 0.497 e. The number of hydrogen-bond donors (Lipinski definition) is 0. The van der Waals surface area contributed by atoms with Gasteiger partial charge in [-0.15, -0.1) is 0 Å². The molecule has 0 unspecified atom stereocenters. The van der Waals surface area contributed by atoms with Gasteiger partial charge in [-0.25, -0.2) is 4.39 Å². The van der Waals surface area contributed by atoms with E-state index in [-0.39, 0.29) is 19.0 Å². The summed E-state index contributed by atoms with van der Waals surface area (Å²) in [5, 5.41) is 0. The highest BCUT2D eigenvalue weighted by molar-refractivity contribution is 9.10. The lowest BCUT2D eigenvalue weighted by atomic mass is 10.1. The first-order chi connectivity index (χ1) is 17.0. The number of anilines is 1. The molecule has 0 bridgehead atoms. The molecule has 4 rings (SSSR count). The van der Waals surface area contributed by atoms with Gasteiger partial charge in [0, 0.05) is 11.6 Å². The Hall–Kier alpha value is -2.90. The van der Waals surface area contributed by atoms with Crippen molar-refractivity contribution in [2.45, 2.75) is 32.9 Å². The Labute approximate surface area is 214 Å². The number of hydrogen-bond acceptors (Lipinski definition) is 4. The molecule has 3 aromatic rings. The highest BCUT2D eigenvalue weighted by Crippen LogP contribution is 2.41. The van der Waals surface area contributed by atoms with Gasteiger partial charge in [0.1, 0.15) is 18.2 Å². The maximum absolute atomic E-state index is 15.0. The molecule has 1 fully saturated rings. The molecule has 0 radical (unpaired) electrons. The standard InChI is InChI=1S/C28H30BrFN2O3/c1-20-24(30)16-25(28(27(20)29)35-19-22-8-4-3-5-9-22)32(26(33)18-31-14-6-7-15-31)17-21-10-12-23(34-2)13-11-21/h3-5,8-13,16H,6-7,14-15,17-19H2,1-2H3. The predicted octanol–water partition coefficient (Wildman–Crippen LogP) is 6.11. The van der Waals surface area contributed by atoms with Crippen LogP contribution >= 0.6 is 15.9 Å². The third-order valence-corrected chi connectivity index (χ3v) is 7.21. The molecule has 7 heteroatoms. The van der Waals surface area contributed by atoms with Crippen molar-refractivity contribution in [3.05, 3.63) is 87.6 Å². The van der Waals surface area contributed by atoms with Crippen molar-refractivity contribution < 1.29 is 18.7 Å². The van der Waals surface area contributed by atoms with E-state index in [2.05, 4.69) is 20.8 Å². The van der Waals surface area contributed by atoms with Crippen LogP contribution in [0.1, 0.15) is 29.5 Å². The molecule has 0 aliphatic carbocycles. The number of benzene rings is 3. The zero-order chi connectivity index (χ0) is 24.8. The van der Waals surface area contributed by atoms with E-state index in [1.165, 1.54) is 6.07 Å². The number of methoxy groups -OCH3 is 1. The molecule has 0 N–H and O–H groups in total. The summed E-state index contributed by atoms with van der Waals surface area (Å²) in [4.78, 5) is 17.4. The minimum absolute atomic E-state index is 0.0950. The van der Waals surface area contributed by atoms with Gasteiger partial charge in [0.05, 0.1) is 30.4 Å². The molecule has 0 aromatic heterocycles. The summed E-state index contributed by atoms with van der Waals surface area (Å²) < 4.78 is 27.0. The Bertz CT molecular complexity index is 1150. The van der Waals surface area contributed by atoms with E-state index in [9.17, 15) is 9.18 Å². The molecular weight excluding hydrogens is 511 g/mol. The Morgan fingerprint density at radius 1 is 1.06 bits per heavy atom. The molecule has 3 aromatic carbocycles. The van der Waals surface area contributed by atoms with Crippen LogP contribution in [0.5, 0.6) is 11.5 Å². The van der Waals surface area contributed by atoms with Crippen molar-refractivity contribution >= 4 is 27.5 Å². The second kappa shape index (κ2) is 11.7. The molecule has 0 saturated carbocycles. The Morgan fingerprint density at radius 2 is 1.74 bits per heavy atom. The topological polar surface area (TPSA) is 42.0 Å². The van der Waals surface area contributed by atoms with Crippen molar-refractivity contribution in [3.8, 4) is 11.5 Å². The number of carbonyl (C=O) groups excluding carboxylic acids is 1. The van der Waals surface area contributed by atoms with E-state index in [0.29, 0.717) is 28.1 Å². The second-order valence-electron chi connectivity index (χ2n) is 8.73. The summed E-state index contributed by atoms with van der Waals surface area (Å²) in [6.07, 6.45) is 2.17. The van der Waals surface area contributed by atoms with Gasteiger partial charge in [-0.3, -0.25) is 9.69 Å². The fourth-order valence-corrected chi connectivity index (χ4v) is 4.69. The molecule has 184 valence electrons. The van der Waals surface area contributed by atoms with Crippen LogP contribution in [0, 0.1) is 12.7 Å². The summed E-state index contributed by atoms with van der Waals surface area (Å²) in [6, 6.07) is 18.7. The van der Waals surface area contributed by atoms with Gasteiger partial charge < -0.3 is 14.4 Å². The van der Waals surface area contributed by atoms with Crippen molar-refractivity contribution in [1.82, 2.24) is 4.90 Å². The quantitative estimate of drug-likeness (QED) is 0.328. The van der Waals surface area contributed by atoms with Gasteiger partial charge in [-0.1, -0.05) is 42.5 Å². The van der Waals surface area contributed by atoms with E-state index in [4.69, 9.17) is 9.47 Å². The van der Waals surface area contributed by atoms with Crippen LogP contribution in [0.25, 0.3) is 0 Å². The molecule has 0 atom stereocenters. The second-order valence-corrected chi connectivity index (χ2v) is 9.52. The van der Waals surface area contributed by atoms with E-state index in [1.54, 1.807) is 18.9 Å². The number of ether oxygens (including phenoxy) is 2. The van der Waals surface area contributed by atoms with Crippen LogP contribution in [0.15, 0.2) is 65.1 Å². The third-order valence-electron chi connectivity index (χ3n) is 6.26. The van der Waals surface area contributed by atoms with E-state index >= 15 is 0 Å². The molecule has 35 heavy (non-hydrogen) atoms. The number of nitrogens with zero attached hydrogens (tertiary/aromatic N) is 2.